The van der Waals surface area contributed by atoms with Gasteiger partial charge >= 0.3 is 5.97 Å². The molecule has 1 saturated heterocycles. The number of nitrogens with zero attached hydrogens (tertiary/aromatic N) is 2. The number of pyridine rings is 1. The lowest BCUT2D eigenvalue weighted by atomic mass is 9.67. The molecule has 2 heterocycles. The summed E-state index contributed by atoms with van der Waals surface area (Å²) in [5.74, 6) is -1.35. The SMILES string of the molecule is CCC[C@H](c1ccccn1)N1C(=O)[C@](C)(CC(=O)O)C[C@H](c2cccc(Cl)c2)[C@H]1c1ccc(Cl)cc1. The number of hydrogen-bond donors (Lipinski definition) is 1. The number of carbonyl (C=O) groups is 2. The Kier molecular flexibility index (Phi) is 8.01. The quantitative estimate of drug-likeness (QED) is 0.331. The van der Waals surface area contributed by atoms with Crippen LogP contribution in [-0.2, 0) is 9.59 Å². The first-order chi connectivity index (χ1) is 17.2. The maximum Gasteiger partial charge on any atom is 0.304 e. The minimum Gasteiger partial charge on any atom is -0.481 e. The van der Waals surface area contributed by atoms with Crippen molar-refractivity contribution in [1.29, 1.82) is 0 Å². The second kappa shape index (κ2) is 11.0. The van der Waals surface area contributed by atoms with Crippen LogP contribution in [0.5, 0.6) is 0 Å². The van der Waals surface area contributed by atoms with Crippen LogP contribution in [0.1, 0.15) is 74.4 Å². The molecule has 4 rings (SSSR count). The normalized spacial score (nSPS) is 22.9. The van der Waals surface area contributed by atoms with Crippen molar-refractivity contribution >= 4 is 35.1 Å². The van der Waals surface area contributed by atoms with Gasteiger partial charge in [-0.25, -0.2) is 0 Å². The Balaban J connectivity index is 1.96. The second-order valence-corrected chi connectivity index (χ2v) is 10.6. The van der Waals surface area contributed by atoms with E-state index in [0.29, 0.717) is 22.9 Å². The standard InChI is InChI=1S/C29H30Cl2N2O3/c1-3-7-25(24-10-4-5-15-32-24)33-27(19-11-13-21(30)14-12-19)23(20-8-6-9-22(31)16-20)17-29(2,28(33)36)18-26(34)35/h4-6,8-16,23,25,27H,3,7,17-18H2,1-2H3,(H,34,35)/t23-,25-,27-,29+/m1/s1. The molecule has 0 bridgehead atoms. The van der Waals surface area contributed by atoms with Gasteiger partial charge in [0.25, 0.3) is 0 Å². The molecule has 188 valence electrons. The second-order valence-electron chi connectivity index (χ2n) is 9.76. The first-order valence-corrected chi connectivity index (χ1v) is 13.0. The molecule has 1 N–H and O–H groups in total. The van der Waals surface area contributed by atoms with Crippen LogP contribution in [0.25, 0.3) is 0 Å². The Morgan fingerprint density at radius 2 is 1.83 bits per heavy atom. The smallest absolute Gasteiger partial charge is 0.304 e. The van der Waals surface area contributed by atoms with Crippen molar-refractivity contribution in [3.63, 3.8) is 0 Å². The molecule has 2 aromatic carbocycles. The van der Waals surface area contributed by atoms with E-state index in [0.717, 1.165) is 23.2 Å². The summed E-state index contributed by atoms with van der Waals surface area (Å²) >= 11 is 12.6. The number of benzene rings is 2. The predicted octanol–water partition coefficient (Wildman–Crippen LogP) is 7.47. The van der Waals surface area contributed by atoms with Gasteiger partial charge in [0.1, 0.15) is 0 Å². The lowest BCUT2D eigenvalue weighted by molar-refractivity contribution is -0.161. The highest BCUT2D eigenvalue weighted by Crippen LogP contribution is 2.54. The third-order valence-corrected chi connectivity index (χ3v) is 7.55. The largest absolute Gasteiger partial charge is 0.481 e. The molecule has 0 unspecified atom stereocenters. The Bertz CT molecular complexity index is 1220. The van der Waals surface area contributed by atoms with Crippen LogP contribution >= 0.6 is 23.2 Å². The van der Waals surface area contributed by atoms with Crippen LogP contribution < -0.4 is 0 Å². The summed E-state index contributed by atoms with van der Waals surface area (Å²) in [5.41, 5.74) is 1.60. The molecule has 1 fully saturated rings. The Morgan fingerprint density at radius 1 is 1.08 bits per heavy atom. The highest BCUT2D eigenvalue weighted by atomic mass is 35.5. The molecule has 1 aliphatic rings. The lowest BCUT2D eigenvalue weighted by Gasteiger charge is -2.51. The van der Waals surface area contributed by atoms with Crippen molar-refractivity contribution in [2.24, 2.45) is 5.41 Å². The number of halogens is 2. The predicted molar refractivity (Wildman–Crippen MR) is 142 cm³/mol. The summed E-state index contributed by atoms with van der Waals surface area (Å²) in [6, 6.07) is 20.2. The molecule has 4 atom stereocenters. The van der Waals surface area contributed by atoms with E-state index in [9.17, 15) is 14.7 Å². The van der Waals surface area contributed by atoms with E-state index in [1.54, 1.807) is 13.1 Å². The molecular formula is C29H30Cl2N2O3. The molecule has 0 aliphatic carbocycles. The van der Waals surface area contributed by atoms with E-state index in [1.807, 2.05) is 71.6 Å². The Hall–Kier alpha value is -2.89. The van der Waals surface area contributed by atoms with Gasteiger partial charge in [0, 0.05) is 22.2 Å². The zero-order valence-electron chi connectivity index (χ0n) is 20.4. The van der Waals surface area contributed by atoms with Crippen LogP contribution in [0.15, 0.2) is 72.9 Å². The fourth-order valence-corrected chi connectivity index (χ4v) is 5.82. The fourth-order valence-electron chi connectivity index (χ4n) is 5.50. The van der Waals surface area contributed by atoms with E-state index in [4.69, 9.17) is 23.2 Å². The third kappa shape index (κ3) is 5.42. The van der Waals surface area contributed by atoms with Crippen molar-refractivity contribution < 1.29 is 14.7 Å². The minimum atomic E-state index is -1.09. The number of aromatic nitrogens is 1. The van der Waals surface area contributed by atoms with Crippen LogP contribution in [0, 0.1) is 5.41 Å². The lowest BCUT2D eigenvalue weighted by Crippen LogP contribution is -2.53. The maximum atomic E-state index is 14.3. The molecule has 7 heteroatoms. The number of hydrogen-bond acceptors (Lipinski definition) is 3. The summed E-state index contributed by atoms with van der Waals surface area (Å²) in [7, 11) is 0. The first-order valence-electron chi connectivity index (χ1n) is 12.2. The van der Waals surface area contributed by atoms with Crippen LogP contribution in [0.4, 0.5) is 0 Å². The Labute approximate surface area is 222 Å². The summed E-state index contributed by atoms with van der Waals surface area (Å²) in [5, 5.41) is 11.0. The van der Waals surface area contributed by atoms with E-state index >= 15 is 0 Å². The number of likely N-dealkylation sites (tertiary alicyclic amines) is 1. The van der Waals surface area contributed by atoms with Crippen LogP contribution in [0.2, 0.25) is 10.0 Å². The average molecular weight is 525 g/mol. The minimum absolute atomic E-state index is 0.174. The molecule has 5 nitrogen and oxygen atoms in total. The van der Waals surface area contributed by atoms with Gasteiger partial charge in [-0.05, 0) is 60.4 Å². The number of rotatable bonds is 8. The van der Waals surface area contributed by atoms with Gasteiger partial charge in [-0.3, -0.25) is 14.6 Å². The maximum absolute atomic E-state index is 14.3. The molecular weight excluding hydrogens is 495 g/mol. The summed E-state index contributed by atoms with van der Waals surface area (Å²) in [6.07, 6.45) is 3.37. The highest BCUT2D eigenvalue weighted by molar-refractivity contribution is 6.30. The number of carboxylic acid groups (broad SMARTS) is 1. The van der Waals surface area contributed by atoms with Gasteiger partial charge in [-0.2, -0.15) is 0 Å². The molecule has 1 aromatic heterocycles. The fraction of sp³-hybridized carbons (Fsp3) is 0.345. The molecule has 0 radical (unpaired) electrons. The molecule has 1 aliphatic heterocycles. The third-order valence-electron chi connectivity index (χ3n) is 7.06. The molecule has 1 amide bonds. The Morgan fingerprint density at radius 3 is 2.44 bits per heavy atom. The van der Waals surface area contributed by atoms with Crippen molar-refractivity contribution in [3.8, 4) is 0 Å². The van der Waals surface area contributed by atoms with Crippen molar-refractivity contribution in [2.45, 2.75) is 57.5 Å². The van der Waals surface area contributed by atoms with Crippen LogP contribution in [0.3, 0.4) is 0 Å². The zero-order valence-corrected chi connectivity index (χ0v) is 21.9. The van der Waals surface area contributed by atoms with E-state index in [-0.39, 0.29) is 30.3 Å². The van der Waals surface area contributed by atoms with E-state index in [1.165, 1.54) is 0 Å². The number of aliphatic carboxylic acids is 1. The average Bonchev–Trinajstić information content (AvgIpc) is 2.85. The number of carboxylic acids is 1. The van der Waals surface area contributed by atoms with E-state index < -0.39 is 11.4 Å². The molecule has 36 heavy (non-hydrogen) atoms. The monoisotopic (exact) mass is 524 g/mol. The van der Waals surface area contributed by atoms with Gasteiger partial charge in [0.05, 0.1) is 29.6 Å². The molecule has 0 spiro atoms. The molecule has 3 aromatic rings. The van der Waals surface area contributed by atoms with Crippen molar-refractivity contribution in [2.75, 3.05) is 0 Å². The summed E-state index contributed by atoms with van der Waals surface area (Å²) in [4.78, 5) is 32.8. The number of amides is 1. The molecule has 0 saturated carbocycles. The van der Waals surface area contributed by atoms with Gasteiger partial charge in [0.15, 0.2) is 0 Å². The number of carbonyl (C=O) groups excluding carboxylic acids is 1. The zero-order chi connectivity index (χ0) is 25.9. The van der Waals surface area contributed by atoms with Crippen molar-refractivity contribution in [3.05, 3.63) is 99.8 Å². The van der Waals surface area contributed by atoms with Crippen LogP contribution in [-0.4, -0.2) is 26.9 Å². The topological polar surface area (TPSA) is 70.5 Å². The van der Waals surface area contributed by atoms with E-state index in [2.05, 4.69) is 11.9 Å². The first kappa shape index (κ1) is 26.2. The highest BCUT2D eigenvalue weighted by Gasteiger charge is 2.52. The van der Waals surface area contributed by atoms with Crippen molar-refractivity contribution in [1.82, 2.24) is 9.88 Å². The van der Waals surface area contributed by atoms with Gasteiger partial charge in [0.2, 0.25) is 5.91 Å². The van der Waals surface area contributed by atoms with Gasteiger partial charge in [-0.1, -0.05) is 73.8 Å². The summed E-state index contributed by atoms with van der Waals surface area (Å²) in [6.45, 7) is 3.85. The summed E-state index contributed by atoms with van der Waals surface area (Å²) < 4.78 is 0. The van der Waals surface area contributed by atoms with Gasteiger partial charge in [-0.15, -0.1) is 0 Å². The van der Waals surface area contributed by atoms with Gasteiger partial charge < -0.3 is 10.0 Å². The number of piperidine rings is 1.